The summed E-state index contributed by atoms with van der Waals surface area (Å²) in [6.45, 7) is 2.11. The van der Waals surface area contributed by atoms with Crippen molar-refractivity contribution in [3.05, 3.63) is 63.9 Å². The Labute approximate surface area is 137 Å². The summed E-state index contributed by atoms with van der Waals surface area (Å²) in [5, 5.41) is 11.2. The molecular formula is C16H14N4O2S. The molecule has 0 spiro atoms. The van der Waals surface area contributed by atoms with Gasteiger partial charge in [0.25, 0.3) is 5.69 Å². The van der Waals surface area contributed by atoms with Crippen molar-refractivity contribution < 1.29 is 4.92 Å². The molecule has 0 N–H and O–H groups in total. The number of hydrogen-bond acceptors (Lipinski definition) is 6. The third-order valence-corrected chi connectivity index (χ3v) is 5.37. The molecule has 0 fully saturated rings. The summed E-state index contributed by atoms with van der Waals surface area (Å²) < 4.78 is 0. The molecule has 6 nitrogen and oxygen atoms in total. The fraction of sp³-hybridized carbons (Fsp3) is 0.250. The Morgan fingerprint density at radius 1 is 1.39 bits per heavy atom. The van der Waals surface area contributed by atoms with Gasteiger partial charge in [0.15, 0.2) is 0 Å². The van der Waals surface area contributed by atoms with Crippen LogP contribution in [0, 0.1) is 10.1 Å². The molecule has 4 rings (SSSR count). The predicted molar refractivity (Wildman–Crippen MR) is 89.9 cm³/mol. The Morgan fingerprint density at radius 2 is 2.26 bits per heavy atom. The molecule has 116 valence electrons. The summed E-state index contributed by atoms with van der Waals surface area (Å²) >= 11 is 1.75. The van der Waals surface area contributed by atoms with E-state index in [9.17, 15) is 10.1 Å². The van der Waals surface area contributed by atoms with E-state index in [-0.39, 0.29) is 16.0 Å². The molecule has 0 saturated heterocycles. The van der Waals surface area contributed by atoms with Gasteiger partial charge in [-0.05, 0) is 31.4 Å². The van der Waals surface area contributed by atoms with E-state index in [2.05, 4.69) is 21.8 Å². The third kappa shape index (κ3) is 2.28. The molecule has 0 amide bonds. The zero-order valence-electron chi connectivity index (χ0n) is 12.5. The topological polar surface area (TPSA) is 72.2 Å². The van der Waals surface area contributed by atoms with Crippen molar-refractivity contribution in [2.45, 2.75) is 25.1 Å². The number of benzene rings is 1. The zero-order chi connectivity index (χ0) is 16.0. The lowest BCUT2D eigenvalue weighted by Gasteiger charge is -2.27. The number of anilines is 1. The lowest BCUT2D eigenvalue weighted by Crippen LogP contribution is -2.26. The molecule has 0 radical (unpaired) electrons. The highest BCUT2D eigenvalue weighted by Crippen LogP contribution is 2.50. The summed E-state index contributed by atoms with van der Waals surface area (Å²) in [6, 6.07) is 6.83. The summed E-state index contributed by atoms with van der Waals surface area (Å²) in [7, 11) is 0. The van der Waals surface area contributed by atoms with Crippen molar-refractivity contribution in [3.63, 3.8) is 0 Å². The summed E-state index contributed by atoms with van der Waals surface area (Å²) in [4.78, 5) is 22.6. The van der Waals surface area contributed by atoms with E-state index in [0.29, 0.717) is 0 Å². The number of allylic oxidation sites excluding steroid dienone is 1. The Hall–Kier alpha value is -2.41. The fourth-order valence-corrected chi connectivity index (χ4v) is 4.50. The van der Waals surface area contributed by atoms with Crippen LogP contribution in [0.1, 0.15) is 24.6 Å². The Kier molecular flexibility index (Phi) is 3.30. The van der Waals surface area contributed by atoms with E-state index in [1.807, 2.05) is 12.3 Å². The standard InChI is InChI=1S/C16H14N4O2S/c1-10-19(12-3-2-4-13(7-12)20(21)22)14-6-5-11-8-17-9-18-15(11)16(14)23-10/h2-4,7-10H,5-6H2,1H3. The molecule has 1 aromatic heterocycles. The van der Waals surface area contributed by atoms with Crippen molar-refractivity contribution in [3.8, 4) is 0 Å². The maximum Gasteiger partial charge on any atom is 0.271 e. The first kappa shape index (κ1) is 14.2. The van der Waals surface area contributed by atoms with Crippen molar-refractivity contribution in [2.75, 3.05) is 4.90 Å². The predicted octanol–water partition coefficient (Wildman–Crippen LogP) is 3.60. The van der Waals surface area contributed by atoms with E-state index >= 15 is 0 Å². The highest BCUT2D eigenvalue weighted by atomic mass is 32.2. The average Bonchev–Trinajstić information content (AvgIpc) is 2.91. The van der Waals surface area contributed by atoms with Crippen LogP contribution in [-0.2, 0) is 6.42 Å². The van der Waals surface area contributed by atoms with E-state index in [0.717, 1.165) is 24.2 Å². The molecule has 1 aliphatic heterocycles. The first-order valence-corrected chi connectivity index (χ1v) is 8.26. The van der Waals surface area contributed by atoms with E-state index in [1.54, 1.807) is 30.2 Å². The van der Waals surface area contributed by atoms with Gasteiger partial charge in [0.2, 0.25) is 0 Å². The van der Waals surface area contributed by atoms with Gasteiger partial charge in [-0.1, -0.05) is 17.8 Å². The van der Waals surface area contributed by atoms with Crippen LogP contribution in [0.25, 0.3) is 4.91 Å². The van der Waals surface area contributed by atoms with E-state index < -0.39 is 0 Å². The molecule has 1 aromatic carbocycles. The molecule has 1 unspecified atom stereocenters. The normalized spacial score (nSPS) is 19.5. The molecule has 0 saturated carbocycles. The van der Waals surface area contributed by atoms with Crippen LogP contribution in [0.3, 0.4) is 0 Å². The quantitative estimate of drug-likeness (QED) is 0.620. The Balaban J connectivity index is 1.80. The number of aromatic nitrogens is 2. The highest BCUT2D eigenvalue weighted by Gasteiger charge is 2.35. The number of non-ortho nitro benzene ring substituents is 1. The lowest BCUT2D eigenvalue weighted by molar-refractivity contribution is -0.384. The van der Waals surface area contributed by atoms with Crippen molar-refractivity contribution >= 4 is 28.0 Å². The molecule has 1 aliphatic carbocycles. The molecule has 0 bridgehead atoms. The van der Waals surface area contributed by atoms with Crippen LogP contribution in [-0.4, -0.2) is 20.3 Å². The summed E-state index contributed by atoms with van der Waals surface area (Å²) in [6.07, 6.45) is 5.26. The number of nitrogens with zero attached hydrogens (tertiary/aromatic N) is 4. The first-order chi connectivity index (χ1) is 11.1. The second kappa shape index (κ2) is 5.34. The molecule has 2 heterocycles. The highest BCUT2D eigenvalue weighted by molar-refractivity contribution is 8.09. The number of hydrogen-bond donors (Lipinski definition) is 0. The lowest BCUT2D eigenvalue weighted by atomic mass is 9.99. The smallest absolute Gasteiger partial charge is 0.271 e. The second-order valence-corrected chi connectivity index (χ2v) is 6.86. The van der Waals surface area contributed by atoms with Crippen LogP contribution in [0.4, 0.5) is 11.4 Å². The number of rotatable bonds is 2. The van der Waals surface area contributed by atoms with Gasteiger partial charge in [0.1, 0.15) is 6.33 Å². The minimum atomic E-state index is -0.351. The molecule has 2 aliphatic rings. The van der Waals surface area contributed by atoms with Crippen LogP contribution < -0.4 is 4.90 Å². The van der Waals surface area contributed by atoms with Gasteiger partial charge < -0.3 is 4.90 Å². The van der Waals surface area contributed by atoms with Gasteiger partial charge in [-0.2, -0.15) is 0 Å². The number of nitro benzene ring substituents is 1. The van der Waals surface area contributed by atoms with Gasteiger partial charge in [-0.3, -0.25) is 10.1 Å². The summed E-state index contributed by atoms with van der Waals surface area (Å²) in [5.41, 5.74) is 4.36. The van der Waals surface area contributed by atoms with Gasteiger partial charge in [0.05, 0.1) is 20.9 Å². The van der Waals surface area contributed by atoms with Crippen molar-refractivity contribution in [2.24, 2.45) is 0 Å². The SMILES string of the molecule is CC1SC2=C(CCc3cncnc32)N1c1cccc([N+](=O)[O-])c1. The Bertz CT molecular complexity index is 836. The van der Waals surface area contributed by atoms with Crippen LogP contribution in [0.5, 0.6) is 0 Å². The van der Waals surface area contributed by atoms with Gasteiger partial charge in [-0.15, -0.1) is 0 Å². The minimum absolute atomic E-state index is 0.118. The summed E-state index contributed by atoms with van der Waals surface area (Å²) in [5.74, 6) is 0. The van der Waals surface area contributed by atoms with Crippen LogP contribution in [0.2, 0.25) is 0 Å². The number of thioether (sulfide) groups is 1. The number of fused-ring (bicyclic) bond motifs is 2. The first-order valence-electron chi connectivity index (χ1n) is 7.38. The third-order valence-electron chi connectivity index (χ3n) is 4.16. The largest absolute Gasteiger partial charge is 0.331 e. The average molecular weight is 326 g/mol. The monoisotopic (exact) mass is 326 g/mol. The van der Waals surface area contributed by atoms with Crippen molar-refractivity contribution in [1.82, 2.24) is 9.97 Å². The number of aryl methyl sites for hydroxylation is 1. The van der Waals surface area contributed by atoms with Gasteiger partial charge >= 0.3 is 0 Å². The van der Waals surface area contributed by atoms with Crippen molar-refractivity contribution in [1.29, 1.82) is 0 Å². The molecule has 2 aromatic rings. The molecule has 7 heteroatoms. The van der Waals surface area contributed by atoms with E-state index in [4.69, 9.17) is 0 Å². The maximum absolute atomic E-state index is 11.0. The molecular weight excluding hydrogens is 312 g/mol. The molecule has 1 atom stereocenters. The minimum Gasteiger partial charge on any atom is -0.331 e. The maximum atomic E-state index is 11.0. The van der Waals surface area contributed by atoms with Gasteiger partial charge in [0, 0.05) is 29.7 Å². The van der Waals surface area contributed by atoms with E-state index in [1.165, 1.54) is 22.2 Å². The van der Waals surface area contributed by atoms with Crippen LogP contribution >= 0.6 is 11.8 Å². The van der Waals surface area contributed by atoms with Crippen LogP contribution in [0.15, 0.2) is 42.5 Å². The van der Waals surface area contributed by atoms with Gasteiger partial charge in [-0.25, -0.2) is 9.97 Å². The fourth-order valence-electron chi connectivity index (χ4n) is 3.17. The zero-order valence-corrected chi connectivity index (χ0v) is 13.3. The molecule has 23 heavy (non-hydrogen) atoms. The Morgan fingerprint density at radius 3 is 3.09 bits per heavy atom. The second-order valence-electron chi connectivity index (χ2n) is 5.54. The number of nitro groups is 1.